The number of methoxy groups -OCH3 is 1. The Morgan fingerprint density at radius 2 is 1.98 bits per heavy atom. The van der Waals surface area contributed by atoms with Crippen molar-refractivity contribution in [2.45, 2.75) is 30.7 Å². The predicted molar refractivity (Wildman–Crippen MR) is 149 cm³/mol. The molecule has 6 rings (SSSR count). The number of aromatic amines is 1. The van der Waals surface area contributed by atoms with Gasteiger partial charge < -0.3 is 15.0 Å². The van der Waals surface area contributed by atoms with Gasteiger partial charge in [0, 0.05) is 40.3 Å². The molecule has 12 heteroatoms. The number of hydrogen-bond donors (Lipinski definition) is 3. The van der Waals surface area contributed by atoms with Crippen LogP contribution >= 0.6 is 11.3 Å². The maximum absolute atomic E-state index is 13.6. The van der Waals surface area contributed by atoms with E-state index in [-0.39, 0.29) is 30.7 Å². The van der Waals surface area contributed by atoms with Gasteiger partial charge in [0.05, 0.1) is 19.6 Å². The van der Waals surface area contributed by atoms with Crippen molar-refractivity contribution in [1.82, 2.24) is 19.9 Å². The molecule has 0 aliphatic carbocycles. The number of carbonyl (C=O) groups is 2. The summed E-state index contributed by atoms with van der Waals surface area (Å²) in [6.45, 7) is 1.60. The first-order valence-electron chi connectivity index (χ1n) is 12.8. The number of rotatable bonds is 7. The number of halogens is 1. The monoisotopic (exact) mass is 582 g/mol. The SMILES string of the molecule is COc1ccc(CN2CCc3cc(C4CC(=O)NS4(=O)=O)sc3C2CNC(=O)c2cc3cc(F)ccc3[nH]2)cc1. The smallest absolute Gasteiger partial charge is 0.267 e. The molecule has 2 aliphatic heterocycles. The van der Waals surface area contributed by atoms with Gasteiger partial charge in [-0.15, -0.1) is 11.3 Å². The number of sulfonamides is 1. The Morgan fingerprint density at radius 3 is 2.70 bits per heavy atom. The van der Waals surface area contributed by atoms with Crippen molar-refractivity contribution in [3.63, 3.8) is 0 Å². The zero-order valence-corrected chi connectivity index (χ0v) is 23.2. The Balaban J connectivity index is 1.28. The van der Waals surface area contributed by atoms with E-state index in [1.54, 1.807) is 19.2 Å². The fourth-order valence-corrected chi connectivity index (χ4v) is 8.52. The lowest BCUT2D eigenvalue weighted by molar-refractivity contribution is -0.118. The molecule has 4 heterocycles. The number of ether oxygens (including phenoxy) is 1. The van der Waals surface area contributed by atoms with Crippen molar-refractivity contribution < 1.29 is 27.1 Å². The van der Waals surface area contributed by atoms with Crippen LogP contribution in [-0.4, -0.2) is 50.3 Å². The van der Waals surface area contributed by atoms with Crippen molar-refractivity contribution in [3.05, 3.63) is 87.0 Å². The first-order valence-corrected chi connectivity index (χ1v) is 15.2. The van der Waals surface area contributed by atoms with E-state index in [9.17, 15) is 22.4 Å². The van der Waals surface area contributed by atoms with E-state index in [4.69, 9.17) is 4.74 Å². The molecule has 3 N–H and O–H groups in total. The van der Waals surface area contributed by atoms with E-state index in [0.29, 0.717) is 41.0 Å². The zero-order chi connectivity index (χ0) is 28.0. The summed E-state index contributed by atoms with van der Waals surface area (Å²) in [5.41, 5.74) is 3.09. The summed E-state index contributed by atoms with van der Waals surface area (Å²) >= 11 is 1.38. The first-order chi connectivity index (χ1) is 19.2. The minimum Gasteiger partial charge on any atom is -0.497 e. The van der Waals surface area contributed by atoms with Crippen LogP contribution in [-0.2, 0) is 27.8 Å². The normalized spacial score (nSPS) is 20.3. The highest BCUT2D eigenvalue weighted by Gasteiger charge is 2.40. The molecule has 2 atom stereocenters. The van der Waals surface area contributed by atoms with Gasteiger partial charge in [-0.3, -0.25) is 19.2 Å². The quantitative estimate of drug-likeness (QED) is 0.305. The molecule has 0 bridgehead atoms. The van der Waals surface area contributed by atoms with E-state index in [1.807, 2.05) is 30.3 Å². The Kier molecular flexibility index (Phi) is 6.85. The Bertz CT molecular complexity index is 1710. The summed E-state index contributed by atoms with van der Waals surface area (Å²) in [6, 6.07) is 15.4. The second-order valence-electron chi connectivity index (χ2n) is 10.0. The van der Waals surface area contributed by atoms with Crippen molar-refractivity contribution >= 4 is 44.1 Å². The molecule has 9 nitrogen and oxygen atoms in total. The molecule has 2 unspecified atom stereocenters. The summed E-state index contributed by atoms with van der Waals surface area (Å²) in [7, 11) is -2.15. The van der Waals surface area contributed by atoms with Crippen LogP contribution in [0.1, 0.15) is 49.1 Å². The van der Waals surface area contributed by atoms with Crippen molar-refractivity contribution in [1.29, 1.82) is 0 Å². The van der Waals surface area contributed by atoms with Crippen LogP contribution in [0.5, 0.6) is 5.75 Å². The summed E-state index contributed by atoms with van der Waals surface area (Å²) in [6.07, 6.45) is 0.619. The number of nitrogens with zero attached hydrogens (tertiary/aromatic N) is 1. The van der Waals surface area contributed by atoms with Crippen molar-refractivity contribution in [3.8, 4) is 5.75 Å². The number of hydrogen-bond acceptors (Lipinski definition) is 7. The van der Waals surface area contributed by atoms with Gasteiger partial charge in [0.15, 0.2) is 0 Å². The van der Waals surface area contributed by atoms with E-state index >= 15 is 0 Å². The third kappa shape index (κ3) is 5.09. The summed E-state index contributed by atoms with van der Waals surface area (Å²) in [4.78, 5) is 31.9. The van der Waals surface area contributed by atoms with Crippen LogP contribution in [0.25, 0.3) is 10.9 Å². The average molecular weight is 583 g/mol. The first kappa shape index (κ1) is 26.5. The van der Waals surface area contributed by atoms with E-state index in [2.05, 4.69) is 19.9 Å². The lowest BCUT2D eigenvalue weighted by Crippen LogP contribution is -2.41. The van der Waals surface area contributed by atoms with Gasteiger partial charge in [0.2, 0.25) is 15.9 Å². The lowest BCUT2D eigenvalue weighted by atomic mass is 9.99. The summed E-state index contributed by atoms with van der Waals surface area (Å²) < 4.78 is 46.1. The lowest BCUT2D eigenvalue weighted by Gasteiger charge is -2.36. The summed E-state index contributed by atoms with van der Waals surface area (Å²) in [5, 5.41) is 2.71. The van der Waals surface area contributed by atoms with Crippen LogP contribution in [0.15, 0.2) is 54.6 Å². The molecule has 1 fully saturated rings. The Morgan fingerprint density at radius 1 is 1.18 bits per heavy atom. The number of H-pyrrole nitrogens is 1. The minimum absolute atomic E-state index is 0.0976. The molecule has 0 radical (unpaired) electrons. The molecule has 4 aromatic rings. The number of carbonyl (C=O) groups excluding carboxylic acids is 2. The number of benzene rings is 2. The van der Waals surface area contributed by atoms with Crippen LogP contribution in [0.4, 0.5) is 4.39 Å². The number of fused-ring (bicyclic) bond motifs is 2. The second kappa shape index (κ2) is 10.3. The van der Waals surface area contributed by atoms with Gasteiger partial charge in [0.25, 0.3) is 5.91 Å². The fourth-order valence-electron chi connectivity index (χ4n) is 5.38. The van der Waals surface area contributed by atoms with Gasteiger partial charge in [-0.2, -0.15) is 0 Å². The van der Waals surface area contributed by atoms with Crippen LogP contribution in [0.3, 0.4) is 0 Å². The van der Waals surface area contributed by atoms with Gasteiger partial charge in [0.1, 0.15) is 22.5 Å². The van der Waals surface area contributed by atoms with E-state index in [1.165, 1.54) is 23.5 Å². The second-order valence-corrected chi connectivity index (χ2v) is 13.0. The van der Waals surface area contributed by atoms with Gasteiger partial charge >= 0.3 is 0 Å². The van der Waals surface area contributed by atoms with E-state index in [0.717, 1.165) is 21.8 Å². The van der Waals surface area contributed by atoms with Crippen LogP contribution < -0.4 is 14.8 Å². The predicted octanol–water partition coefficient (Wildman–Crippen LogP) is 3.80. The van der Waals surface area contributed by atoms with Crippen LogP contribution in [0.2, 0.25) is 0 Å². The number of nitrogens with one attached hydrogen (secondary N) is 3. The van der Waals surface area contributed by atoms with Gasteiger partial charge in [-0.05, 0) is 60.0 Å². The van der Waals surface area contributed by atoms with Gasteiger partial charge in [-0.25, -0.2) is 12.8 Å². The Labute approximate surface area is 234 Å². The molecule has 1 saturated heterocycles. The minimum atomic E-state index is -3.77. The maximum Gasteiger partial charge on any atom is 0.267 e. The highest BCUT2D eigenvalue weighted by Crippen LogP contribution is 2.42. The number of aromatic nitrogens is 1. The van der Waals surface area contributed by atoms with E-state index < -0.39 is 21.2 Å². The molecular weight excluding hydrogens is 555 g/mol. The molecule has 2 aliphatic rings. The van der Waals surface area contributed by atoms with Gasteiger partial charge in [-0.1, -0.05) is 12.1 Å². The molecule has 2 aromatic heterocycles. The van der Waals surface area contributed by atoms with Crippen molar-refractivity contribution in [2.75, 3.05) is 20.2 Å². The fraction of sp³-hybridized carbons (Fsp3) is 0.286. The third-order valence-corrected chi connectivity index (χ3v) is 10.6. The highest BCUT2D eigenvalue weighted by molar-refractivity contribution is 7.90. The molecule has 40 heavy (non-hydrogen) atoms. The molecule has 2 aromatic carbocycles. The highest BCUT2D eigenvalue weighted by atomic mass is 32.2. The number of thiophene rings is 1. The van der Waals surface area contributed by atoms with Crippen LogP contribution in [0, 0.1) is 5.82 Å². The molecule has 2 amide bonds. The zero-order valence-electron chi connectivity index (χ0n) is 21.6. The third-order valence-electron chi connectivity index (χ3n) is 7.42. The largest absolute Gasteiger partial charge is 0.497 e. The average Bonchev–Trinajstić information content (AvgIpc) is 3.62. The summed E-state index contributed by atoms with van der Waals surface area (Å²) in [5.74, 6) is -0.440. The topological polar surface area (TPSA) is 121 Å². The number of amides is 2. The molecule has 0 spiro atoms. The standard InChI is InChI=1S/C28H27FN4O5S2/c1-38-20-5-2-16(3-6-20)15-33-9-8-17-12-24(25-13-26(34)32-40(25,36)37)39-27(17)23(33)14-30-28(35)22-11-18-10-19(29)4-7-21(18)31-22/h2-7,10-12,23,25,31H,8-9,13-15H2,1H3,(H,30,35)(H,32,34). The van der Waals surface area contributed by atoms with Crippen molar-refractivity contribution in [2.24, 2.45) is 0 Å². The maximum atomic E-state index is 13.6. The Hall–Kier alpha value is -3.74. The molecular formula is C28H27FN4O5S2. The molecule has 208 valence electrons. The molecule has 0 saturated carbocycles.